The first-order chi connectivity index (χ1) is 7.97. The first-order valence-corrected chi connectivity index (χ1v) is 8.36. The number of rotatable bonds is 2. The predicted molar refractivity (Wildman–Crippen MR) is 67.7 cm³/mol. The summed E-state index contributed by atoms with van der Waals surface area (Å²) >= 11 is 0. The molecule has 2 atom stereocenters. The fraction of sp³-hybridized carbons (Fsp3) is 1.00. The highest BCUT2D eigenvalue weighted by Gasteiger charge is 2.41. The summed E-state index contributed by atoms with van der Waals surface area (Å²) in [6, 6.07) is 0. The molecular formula is C12H23NO3S. The predicted octanol–water partition coefficient (Wildman–Crippen LogP) is 0.658. The molecular weight excluding hydrogens is 238 g/mol. The van der Waals surface area contributed by atoms with Crippen molar-refractivity contribution in [3.63, 3.8) is 0 Å². The van der Waals surface area contributed by atoms with E-state index in [1.807, 2.05) is 0 Å². The Morgan fingerprint density at radius 3 is 2.53 bits per heavy atom. The van der Waals surface area contributed by atoms with Crippen molar-refractivity contribution in [2.75, 3.05) is 31.2 Å². The van der Waals surface area contributed by atoms with Gasteiger partial charge in [-0.1, -0.05) is 19.8 Å². The minimum atomic E-state index is -2.83. The lowest BCUT2D eigenvalue weighted by atomic mass is 9.75. The lowest BCUT2D eigenvalue weighted by Crippen LogP contribution is -2.58. The first kappa shape index (κ1) is 13.3. The number of aliphatic hydroxyl groups is 1. The molecule has 0 aromatic rings. The van der Waals surface area contributed by atoms with Crippen LogP contribution in [0.2, 0.25) is 0 Å². The molecule has 5 heteroatoms. The Bertz CT molecular complexity index is 354. The minimum Gasteiger partial charge on any atom is -0.394 e. The van der Waals surface area contributed by atoms with Crippen molar-refractivity contribution in [2.45, 2.75) is 38.1 Å². The Hall–Kier alpha value is -0.130. The lowest BCUT2D eigenvalue weighted by molar-refractivity contribution is -0.00773. The van der Waals surface area contributed by atoms with Gasteiger partial charge < -0.3 is 5.11 Å². The monoisotopic (exact) mass is 261 g/mol. The molecule has 1 aliphatic carbocycles. The van der Waals surface area contributed by atoms with Crippen LogP contribution in [0.3, 0.4) is 0 Å². The largest absolute Gasteiger partial charge is 0.394 e. The third kappa shape index (κ3) is 2.83. The Morgan fingerprint density at radius 1 is 1.35 bits per heavy atom. The van der Waals surface area contributed by atoms with E-state index in [9.17, 15) is 13.5 Å². The van der Waals surface area contributed by atoms with Crippen LogP contribution < -0.4 is 0 Å². The molecule has 100 valence electrons. The standard InChI is InChI=1S/C12H23NO3S/c1-11-3-2-4-12(9-11,10-14)13-5-7-17(15,16)8-6-13/h11,14H,2-10H2,1H3. The maximum Gasteiger partial charge on any atom is 0.152 e. The number of hydrogen-bond acceptors (Lipinski definition) is 4. The highest BCUT2D eigenvalue weighted by Crippen LogP contribution is 2.37. The molecule has 1 aliphatic heterocycles. The summed E-state index contributed by atoms with van der Waals surface area (Å²) in [6.45, 7) is 3.58. The van der Waals surface area contributed by atoms with Crippen molar-refractivity contribution >= 4 is 9.84 Å². The van der Waals surface area contributed by atoms with E-state index < -0.39 is 9.84 Å². The van der Waals surface area contributed by atoms with Crippen molar-refractivity contribution in [1.82, 2.24) is 4.90 Å². The van der Waals surface area contributed by atoms with Gasteiger partial charge in [0.05, 0.1) is 18.1 Å². The average Bonchev–Trinajstić information content (AvgIpc) is 2.28. The fourth-order valence-electron chi connectivity index (χ4n) is 3.35. The van der Waals surface area contributed by atoms with Gasteiger partial charge in [-0.2, -0.15) is 0 Å². The highest BCUT2D eigenvalue weighted by molar-refractivity contribution is 7.91. The molecule has 0 spiro atoms. The van der Waals surface area contributed by atoms with Gasteiger partial charge in [0.1, 0.15) is 0 Å². The van der Waals surface area contributed by atoms with Crippen LogP contribution in [-0.4, -0.2) is 55.2 Å². The molecule has 0 aromatic carbocycles. The van der Waals surface area contributed by atoms with E-state index in [1.54, 1.807) is 0 Å². The van der Waals surface area contributed by atoms with E-state index >= 15 is 0 Å². The molecule has 1 heterocycles. The highest BCUT2D eigenvalue weighted by atomic mass is 32.2. The van der Waals surface area contributed by atoms with Gasteiger partial charge >= 0.3 is 0 Å². The third-order valence-electron chi connectivity index (χ3n) is 4.38. The smallest absolute Gasteiger partial charge is 0.152 e. The van der Waals surface area contributed by atoms with Crippen LogP contribution in [0.4, 0.5) is 0 Å². The van der Waals surface area contributed by atoms with Gasteiger partial charge in [0.25, 0.3) is 0 Å². The minimum absolute atomic E-state index is 0.145. The SMILES string of the molecule is CC1CCCC(CO)(N2CCS(=O)(=O)CC2)C1. The maximum absolute atomic E-state index is 11.4. The first-order valence-electron chi connectivity index (χ1n) is 6.54. The summed E-state index contributed by atoms with van der Waals surface area (Å²) in [5, 5.41) is 9.75. The molecule has 0 radical (unpaired) electrons. The molecule has 2 unspecified atom stereocenters. The number of hydrogen-bond donors (Lipinski definition) is 1. The molecule has 2 rings (SSSR count). The molecule has 0 aromatic heterocycles. The zero-order chi connectivity index (χ0) is 12.5. The topological polar surface area (TPSA) is 57.6 Å². The van der Waals surface area contributed by atoms with Crippen molar-refractivity contribution in [3.05, 3.63) is 0 Å². The van der Waals surface area contributed by atoms with Crippen molar-refractivity contribution in [1.29, 1.82) is 0 Å². The van der Waals surface area contributed by atoms with E-state index in [4.69, 9.17) is 0 Å². The summed E-state index contributed by atoms with van der Waals surface area (Å²) in [6.07, 6.45) is 4.39. The van der Waals surface area contributed by atoms with E-state index in [0.29, 0.717) is 19.0 Å². The summed E-state index contributed by atoms with van der Waals surface area (Å²) in [7, 11) is -2.83. The molecule has 2 aliphatic rings. The normalized spacial score (nSPS) is 39.1. The number of nitrogens with zero attached hydrogens (tertiary/aromatic N) is 1. The van der Waals surface area contributed by atoms with Gasteiger partial charge in [0.15, 0.2) is 9.84 Å². The van der Waals surface area contributed by atoms with Crippen LogP contribution in [0.15, 0.2) is 0 Å². The Morgan fingerprint density at radius 2 is 2.00 bits per heavy atom. The van der Waals surface area contributed by atoms with Crippen LogP contribution in [0, 0.1) is 5.92 Å². The summed E-state index contributed by atoms with van der Waals surface area (Å²) < 4.78 is 22.9. The Balaban J connectivity index is 2.08. The molecule has 4 nitrogen and oxygen atoms in total. The second-order valence-electron chi connectivity index (χ2n) is 5.72. The Labute approximate surface area is 104 Å². The third-order valence-corrected chi connectivity index (χ3v) is 5.99. The van der Waals surface area contributed by atoms with E-state index in [2.05, 4.69) is 11.8 Å². The lowest BCUT2D eigenvalue weighted by Gasteiger charge is -2.48. The van der Waals surface area contributed by atoms with E-state index in [1.165, 1.54) is 6.42 Å². The average molecular weight is 261 g/mol. The van der Waals surface area contributed by atoms with Gasteiger partial charge in [-0.15, -0.1) is 0 Å². The number of aliphatic hydroxyl groups excluding tert-OH is 1. The summed E-state index contributed by atoms with van der Waals surface area (Å²) in [5.74, 6) is 1.14. The molecule has 0 amide bonds. The van der Waals surface area contributed by atoms with E-state index in [0.717, 1.165) is 19.3 Å². The van der Waals surface area contributed by atoms with Gasteiger partial charge in [-0.3, -0.25) is 4.90 Å². The van der Waals surface area contributed by atoms with Crippen LogP contribution >= 0.6 is 0 Å². The zero-order valence-corrected chi connectivity index (χ0v) is 11.4. The van der Waals surface area contributed by atoms with Crippen LogP contribution in [0.1, 0.15) is 32.6 Å². The zero-order valence-electron chi connectivity index (χ0n) is 10.6. The van der Waals surface area contributed by atoms with Gasteiger partial charge in [0.2, 0.25) is 0 Å². The van der Waals surface area contributed by atoms with Crippen LogP contribution in [-0.2, 0) is 9.84 Å². The molecule has 1 N–H and O–H groups in total. The van der Waals surface area contributed by atoms with Crippen LogP contribution in [0.5, 0.6) is 0 Å². The van der Waals surface area contributed by atoms with Gasteiger partial charge in [-0.25, -0.2) is 8.42 Å². The second-order valence-corrected chi connectivity index (χ2v) is 8.03. The van der Waals surface area contributed by atoms with Gasteiger partial charge in [0, 0.05) is 18.6 Å². The van der Waals surface area contributed by atoms with E-state index in [-0.39, 0.29) is 23.7 Å². The van der Waals surface area contributed by atoms with Crippen molar-refractivity contribution in [3.8, 4) is 0 Å². The van der Waals surface area contributed by atoms with Crippen LogP contribution in [0.25, 0.3) is 0 Å². The fourth-order valence-corrected chi connectivity index (χ4v) is 4.55. The molecule has 1 saturated heterocycles. The quantitative estimate of drug-likeness (QED) is 0.793. The maximum atomic E-state index is 11.4. The number of sulfone groups is 1. The Kier molecular flexibility index (Phi) is 3.80. The van der Waals surface area contributed by atoms with Crippen molar-refractivity contribution < 1.29 is 13.5 Å². The van der Waals surface area contributed by atoms with Crippen molar-refractivity contribution in [2.24, 2.45) is 5.92 Å². The second kappa shape index (κ2) is 4.86. The summed E-state index contributed by atoms with van der Waals surface area (Å²) in [4.78, 5) is 2.23. The molecule has 0 bridgehead atoms. The molecule has 1 saturated carbocycles. The summed E-state index contributed by atoms with van der Waals surface area (Å²) in [5.41, 5.74) is -0.145. The van der Waals surface area contributed by atoms with Gasteiger partial charge in [-0.05, 0) is 18.8 Å². The molecule has 2 fully saturated rings. The molecule has 17 heavy (non-hydrogen) atoms.